The van der Waals surface area contributed by atoms with Crippen LogP contribution in [-0.2, 0) is 5.88 Å². The number of methoxy groups -OCH3 is 1. The molecular weight excluding hydrogens is 306 g/mol. The molecule has 21 heavy (non-hydrogen) atoms. The summed E-state index contributed by atoms with van der Waals surface area (Å²) >= 11 is 7.79. The lowest BCUT2D eigenvalue weighted by atomic mass is 10.2. The van der Waals surface area contributed by atoms with Gasteiger partial charge in [0.15, 0.2) is 0 Å². The second kappa shape index (κ2) is 5.66. The highest BCUT2D eigenvalue weighted by Crippen LogP contribution is 2.32. The van der Waals surface area contributed by atoms with Gasteiger partial charge >= 0.3 is 0 Å². The van der Waals surface area contributed by atoms with Crippen LogP contribution in [0.1, 0.15) is 28.7 Å². The first-order chi connectivity index (χ1) is 10.2. The third kappa shape index (κ3) is 2.40. The minimum Gasteiger partial charge on any atom is -0.494 e. The molecule has 4 nitrogen and oxygen atoms in total. The van der Waals surface area contributed by atoms with E-state index >= 15 is 0 Å². The summed E-state index contributed by atoms with van der Waals surface area (Å²) in [6.07, 6.45) is 1.90. The predicted molar refractivity (Wildman–Crippen MR) is 86.5 cm³/mol. The number of rotatable bonds is 4. The highest BCUT2D eigenvalue weighted by Gasteiger charge is 2.20. The average Bonchev–Trinajstić information content (AvgIpc) is 3.09. The van der Waals surface area contributed by atoms with Gasteiger partial charge in [0.1, 0.15) is 22.1 Å². The first-order valence-corrected chi connectivity index (χ1v) is 8.03. The van der Waals surface area contributed by atoms with Crippen LogP contribution >= 0.6 is 22.9 Å². The molecule has 0 N–H and O–H groups in total. The van der Waals surface area contributed by atoms with Crippen molar-refractivity contribution in [3.63, 3.8) is 0 Å². The van der Waals surface area contributed by atoms with Crippen molar-refractivity contribution < 1.29 is 4.74 Å². The van der Waals surface area contributed by atoms with Crippen molar-refractivity contribution in [1.82, 2.24) is 14.5 Å². The monoisotopic (exact) mass is 321 g/mol. The Morgan fingerprint density at radius 1 is 1.43 bits per heavy atom. The smallest absolute Gasteiger partial charge is 0.146 e. The quantitative estimate of drug-likeness (QED) is 0.677. The molecule has 1 atom stereocenters. The Balaban J connectivity index is 2.21. The van der Waals surface area contributed by atoms with Crippen molar-refractivity contribution in [2.75, 3.05) is 7.11 Å². The molecule has 0 bridgehead atoms. The maximum Gasteiger partial charge on any atom is 0.146 e. The molecule has 0 amide bonds. The van der Waals surface area contributed by atoms with Crippen LogP contribution in [0.4, 0.5) is 0 Å². The molecule has 0 saturated heterocycles. The Kier molecular flexibility index (Phi) is 3.87. The summed E-state index contributed by atoms with van der Waals surface area (Å²) in [5.74, 6) is 1.95. The molecule has 0 aliphatic carbocycles. The number of hydrogen-bond acceptors (Lipinski definition) is 4. The van der Waals surface area contributed by atoms with Crippen molar-refractivity contribution in [3.05, 3.63) is 40.1 Å². The number of halogens is 1. The van der Waals surface area contributed by atoms with E-state index in [0.717, 1.165) is 27.6 Å². The summed E-state index contributed by atoms with van der Waals surface area (Å²) in [4.78, 5) is 10.3. The molecule has 2 heterocycles. The number of aromatic nitrogens is 3. The second-order valence-electron chi connectivity index (χ2n) is 4.84. The van der Waals surface area contributed by atoms with Crippen molar-refractivity contribution >= 4 is 34.0 Å². The Morgan fingerprint density at radius 3 is 2.86 bits per heavy atom. The molecule has 110 valence electrons. The zero-order valence-corrected chi connectivity index (χ0v) is 13.7. The minimum absolute atomic E-state index is 0.0922. The maximum atomic E-state index is 6.09. The lowest BCUT2D eigenvalue weighted by molar-refractivity contribution is 0.419. The van der Waals surface area contributed by atoms with Gasteiger partial charge in [-0.05, 0) is 26.0 Å². The lowest BCUT2D eigenvalue weighted by Gasteiger charge is -2.14. The molecule has 0 fully saturated rings. The van der Waals surface area contributed by atoms with Crippen LogP contribution in [0.25, 0.3) is 11.0 Å². The first-order valence-electron chi connectivity index (χ1n) is 6.67. The van der Waals surface area contributed by atoms with Gasteiger partial charge in [-0.15, -0.1) is 22.9 Å². The number of ether oxygens (including phenoxy) is 1. The van der Waals surface area contributed by atoms with Crippen molar-refractivity contribution in [3.8, 4) is 5.75 Å². The van der Waals surface area contributed by atoms with Crippen molar-refractivity contribution in [2.24, 2.45) is 0 Å². The molecule has 0 aliphatic heterocycles. The Morgan fingerprint density at radius 2 is 2.24 bits per heavy atom. The summed E-state index contributed by atoms with van der Waals surface area (Å²) in [7, 11) is 1.65. The summed E-state index contributed by atoms with van der Waals surface area (Å²) in [6, 6.07) is 6.01. The molecule has 1 aromatic carbocycles. The molecule has 0 radical (unpaired) electrons. The maximum absolute atomic E-state index is 6.09. The van der Waals surface area contributed by atoms with Crippen LogP contribution in [0.5, 0.6) is 5.75 Å². The van der Waals surface area contributed by atoms with Crippen molar-refractivity contribution in [1.29, 1.82) is 0 Å². The van der Waals surface area contributed by atoms with Crippen LogP contribution in [-0.4, -0.2) is 21.6 Å². The van der Waals surface area contributed by atoms with Crippen molar-refractivity contribution in [2.45, 2.75) is 25.8 Å². The summed E-state index contributed by atoms with van der Waals surface area (Å²) in [6.45, 7) is 4.18. The summed E-state index contributed by atoms with van der Waals surface area (Å²) in [5, 5.41) is 1.06. The normalized spacial score (nSPS) is 12.8. The van der Waals surface area contributed by atoms with E-state index in [-0.39, 0.29) is 6.04 Å². The topological polar surface area (TPSA) is 39.9 Å². The van der Waals surface area contributed by atoms with E-state index in [1.54, 1.807) is 18.4 Å². The molecule has 0 saturated carbocycles. The fourth-order valence-electron chi connectivity index (χ4n) is 2.51. The first kappa shape index (κ1) is 14.4. The molecule has 6 heteroatoms. The number of aryl methyl sites for hydroxylation is 1. The van der Waals surface area contributed by atoms with Crippen LogP contribution < -0.4 is 4.74 Å². The molecule has 0 spiro atoms. The fraction of sp³-hybridized carbons (Fsp3) is 0.333. The van der Waals surface area contributed by atoms with Crippen LogP contribution in [0.2, 0.25) is 0 Å². The van der Waals surface area contributed by atoms with Gasteiger partial charge in [0.05, 0.1) is 24.5 Å². The van der Waals surface area contributed by atoms with Crippen LogP contribution in [0.15, 0.2) is 24.4 Å². The Bertz CT molecular complexity index is 780. The van der Waals surface area contributed by atoms with Gasteiger partial charge in [0.2, 0.25) is 0 Å². The molecule has 3 aromatic rings. The highest BCUT2D eigenvalue weighted by atomic mass is 35.5. The highest BCUT2D eigenvalue weighted by molar-refractivity contribution is 7.11. The number of thiazole rings is 1. The van der Waals surface area contributed by atoms with E-state index in [2.05, 4.69) is 28.4 Å². The number of fused-ring (bicyclic) bond motifs is 1. The SMILES string of the molecule is COc1cccc2c1nc(CCl)n2C(C)c1ncc(C)s1. The molecule has 1 unspecified atom stereocenters. The summed E-state index contributed by atoms with van der Waals surface area (Å²) < 4.78 is 7.54. The zero-order valence-electron chi connectivity index (χ0n) is 12.1. The van der Waals surface area contributed by atoms with E-state index in [4.69, 9.17) is 16.3 Å². The minimum atomic E-state index is 0.0922. The van der Waals surface area contributed by atoms with E-state index in [1.807, 2.05) is 24.4 Å². The van der Waals surface area contributed by atoms with Crippen LogP contribution in [0, 0.1) is 6.92 Å². The number of alkyl halides is 1. The molecular formula is C15H16ClN3OS. The standard InChI is InChI=1S/C15H16ClN3OS/c1-9-8-17-15(21-9)10(2)19-11-5-4-6-12(20-3)14(11)18-13(19)7-16/h4-6,8,10H,7H2,1-3H3. The average molecular weight is 322 g/mol. The Hall–Kier alpha value is -1.59. The van der Waals surface area contributed by atoms with E-state index < -0.39 is 0 Å². The number of nitrogens with zero attached hydrogens (tertiary/aromatic N) is 3. The Labute approximate surface area is 132 Å². The van der Waals surface area contributed by atoms with Gasteiger partial charge in [-0.25, -0.2) is 9.97 Å². The van der Waals surface area contributed by atoms with E-state index in [0.29, 0.717) is 5.88 Å². The van der Waals surface area contributed by atoms with Gasteiger partial charge in [-0.1, -0.05) is 6.07 Å². The van der Waals surface area contributed by atoms with Crippen LogP contribution in [0.3, 0.4) is 0 Å². The van der Waals surface area contributed by atoms with Gasteiger partial charge < -0.3 is 9.30 Å². The fourth-order valence-corrected chi connectivity index (χ4v) is 3.51. The summed E-state index contributed by atoms with van der Waals surface area (Å²) in [5.41, 5.74) is 1.86. The molecule has 3 rings (SSSR count). The number of imidazole rings is 1. The van der Waals surface area contributed by atoms with Gasteiger partial charge in [0, 0.05) is 11.1 Å². The lowest BCUT2D eigenvalue weighted by Crippen LogP contribution is -2.09. The van der Waals surface area contributed by atoms with E-state index in [9.17, 15) is 0 Å². The predicted octanol–water partition coefficient (Wildman–Crippen LogP) is 4.16. The van der Waals surface area contributed by atoms with Gasteiger partial charge in [-0.2, -0.15) is 0 Å². The largest absolute Gasteiger partial charge is 0.494 e. The second-order valence-corrected chi connectivity index (χ2v) is 6.38. The van der Waals surface area contributed by atoms with Gasteiger partial charge in [-0.3, -0.25) is 0 Å². The third-order valence-electron chi connectivity index (χ3n) is 3.48. The number of para-hydroxylation sites is 1. The number of benzene rings is 1. The third-order valence-corrected chi connectivity index (χ3v) is 4.80. The zero-order chi connectivity index (χ0) is 15.0. The number of hydrogen-bond donors (Lipinski definition) is 0. The van der Waals surface area contributed by atoms with Gasteiger partial charge in [0.25, 0.3) is 0 Å². The molecule has 2 aromatic heterocycles. The van der Waals surface area contributed by atoms with E-state index in [1.165, 1.54) is 4.88 Å². The molecule has 0 aliphatic rings.